The zero-order chi connectivity index (χ0) is 27.6. The second kappa shape index (κ2) is 9.07. The van der Waals surface area contributed by atoms with E-state index in [-0.39, 0.29) is 35.7 Å². The van der Waals surface area contributed by atoms with Crippen LogP contribution in [0.15, 0.2) is 35.3 Å². The Morgan fingerprint density at radius 2 is 1.87 bits per heavy atom. The zero-order valence-corrected chi connectivity index (χ0v) is 20.7. The van der Waals surface area contributed by atoms with Crippen molar-refractivity contribution >= 4 is 40.2 Å². The third-order valence-electron chi connectivity index (χ3n) is 7.54. The van der Waals surface area contributed by atoms with E-state index in [0.29, 0.717) is 37.9 Å². The average Bonchev–Trinajstić information content (AvgIpc) is 3.68. The molecule has 10 nitrogen and oxygen atoms in total. The minimum Gasteiger partial charge on any atom is -0.477 e. The number of primary amides is 1. The molecule has 3 aromatic rings. The Labute approximate surface area is 220 Å². The van der Waals surface area contributed by atoms with Gasteiger partial charge in [-0.2, -0.15) is 0 Å². The van der Waals surface area contributed by atoms with Gasteiger partial charge in [0, 0.05) is 31.0 Å². The Bertz CT molecular complexity index is 1630. The van der Waals surface area contributed by atoms with E-state index < -0.39 is 46.7 Å². The number of aromatic carboxylic acids is 1. The Morgan fingerprint density at radius 3 is 2.54 bits per heavy atom. The number of aromatic nitrogens is 1. The number of hydrogen-bond donors (Lipinski definition) is 2. The van der Waals surface area contributed by atoms with Gasteiger partial charge in [0.1, 0.15) is 17.1 Å². The number of nitrogens with two attached hydrogens (primary N) is 1. The van der Waals surface area contributed by atoms with E-state index in [4.69, 9.17) is 10.5 Å². The van der Waals surface area contributed by atoms with Crippen LogP contribution in [0, 0.1) is 11.6 Å². The number of aryl methyl sites for hydroxylation is 1. The maximum Gasteiger partial charge on any atom is 0.415 e. The van der Waals surface area contributed by atoms with Gasteiger partial charge in [-0.3, -0.25) is 14.5 Å². The summed E-state index contributed by atoms with van der Waals surface area (Å²) in [5.74, 6) is -4.03. The number of ether oxygens (including phenoxy) is 1. The molecule has 1 aromatic heterocycles. The smallest absolute Gasteiger partial charge is 0.415 e. The Morgan fingerprint density at radius 1 is 1.10 bits per heavy atom. The molecule has 1 atom stereocenters. The number of carbonyl (C=O) groups excluding carboxylic acids is 2. The summed E-state index contributed by atoms with van der Waals surface area (Å²) in [6, 6.07) is 6.02. The lowest BCUT2D eigenvalue weighted by Crippen LogP contribution is -2.32. The molecule has 2 aliphatic heterocycles. The third-order valence-corrected chi connectivity index (χ3v) is 7.54. The molecule has 1 saturated carbocycles. The van der Waals surface area contributed by atoms with Crippen LogP contribution >= 0.6 is 0 Å². The number of carbonyl (C=O) groups is 3. The number of carboxylic acids is 1. The first-order chi connectivity index (χ1) is 18.6. The maximum absolute atomic E-state index is 16.1. The van der Waals surface area contributed by atoms with Crippen molar-refractivity contribution in [2.75, 3.05) is 22.9 Å². The molecule has 3 heterocycles. The lowest BCUT2D eigenvalue weighted by Gasteiger charge is -2.26. The van der Waals surface area contributed by atoms with Crippen LogP contribution in [0.1, 0.15) is 46.8 Å². The molecule has 3 N–H and O–H groups in total. The molecule has 2 aromatic carbocycles. The van der Waals surface area contributed by atoms with E-state index in [1.165, 1.54) is 9.47 Å². The molecule has 0 unspecified atom stereocenters. The van der Waals surface area contributed by atoms with Gasteiger partial charge in [0.05, 0.1) is 17.4 Å². The van der Waals surface area contributed by atoms with Crippen LogP contribution in [0.3, 0.4) is 0 Å². The van der Waals surface area contributed by atoms with Crippen molar-refractivity contribution in [2.45, 2.75) is 44.4 Å². The van der Waals surface area contributed by atoms with Crippen LogP contribution < -0.4 is 21.0 Å². The molecule has 2 fully saturated rings. The van der Waals surface area contributed by atoms with E-state index >= 15 is 8.78 Å². The number of rotatable bonds is 5. The Balaban J connectivity index is 1.38. The van der Waals surface area contributed by atoms with Gasteiger partial charge >= 0.3 is 12.1 Å². The highest BCUT2D eigenvalue weighted by Crippen LogP contribution is 2.40. The lowest BCUT2D eigenvalue weighted by atomic mass is 10.0. The molecule has 0 bridgehead atoms. The minimum atomic E-state index is -1.45. The van der Waals surface area contributed by atoms with Crippen molar-refractivity contribution in [3.8, 4) is 0 Å². The molecule has 0 spiro atoms. The molecule has 0 radical (unpaired) electrons. The number of benzene rings is 2. The topological polar surface area (TPSA) is 135 Å². The van der Waals surface area contributed by atoms with Gasteiger partial charge in [-0.15, -0.1) is 0 Å². The number of carboxylic acid groups (broad SMARTS) is 1. The third kappa shape index (κ3) is 4.16. The van der Waals surface area contributed by atoms with E-state index in [1.807, 2.05) is 0 Å². The van der Waals surface area contributed by atoms with E-state index in [0.717, 1.165) is 23.4 Å². The van der Waals surface area contributed by atoms with Gasteiger partial charge in [0.15, 0.2) is 11.9 Å². The van der Waals surface area contributed by atoms with Crippen molar-refractivity contribution < 1.29 is 33.0 Å². The fourth-order valence-electron chi connectivity index (χ4n) is 5.44. The summed E-state index contributed by atoms with van der Waals surface area (Å²) in [5.41, 5.74) is 5.66. The highest BCUT2D eigenvalue weighted by atomic mass is 19.1. The van der Waals surface area contributed by atoms with Crippen LogP contribution in [0.2, 0.25) is 0 Å². The van der Waals surface area contributed by atoms with E-state index in [1.54, 1.807) is 23.1 Å². The predicted molar refractivity (Wildman–Crippen MR) is 136 cm³/mol. The number of pyridine rings is 1. The minimum absolute atomic E-state index is 0.00111. The van der Waals surface area contributed by atoms with Crippen molar-refractivity contribution in [1.29, 1.82) is 0 Å². The summed E-state index contributed by atoms with van der Waals surface area (Å²) in [7, 11) is 0. The van der Waals surface area contributed by atoms with Crippen molar-refractivity contribution in [3.05, 3.63) is 69.0 Å². The lowest BCUT2D eigenvalue weighted by molar-refractivity contribution is -0.124. The first-order valence-corrected chi connectivity index (χ1v) is 12.6. The zero-order valence-electron chi connectivity index (χ0n) is 20.7. The molecular formula is C27H24F2N4O6. The van der Waals surface area contributed by atoms with Crippen molar-refractivity contribution in [3.63, 3.8) is 0 Å². The number of halogens is 2. The largest absolute Gasteiger partial charge is 0.477 e. The fourth-order valence-corrected chi connectivity index (χ4v) is 5.44. The van der Waals surface area contributed by atoms with Crippen molar-refractivity contribution in [2.24, 2.45) is 5.73 Å². The predicted octanol–water partition coefficient (Wildman–Crippen LogP) is 3.08. The normalized spacial score (nSPS) is 19.1. The van der Waals surface area contributed by atoms with Crippen molar-refractivity contribution in [1.82, 2.24) is 4.57 Å². The molecule has 12 heteroatoms. The monoisotopic (exact) mass is 538 g/mol. The number of amides is 2. The number of nitrogens with zero attached hydrogens (tertiary/aromatic N) is 3. The van der Waals surface area contributed by atoms with Gasteiger partial charge in [0.25, 0.3) is 5.91 Å². The summed E-state index contributed by atoms with van der Waals surface area (Å²) in [6.45, 7) is 0.489. The average molecular weight is 539 g/mol. The maximum atomic E-state index is 16.1. The summed E-state index contributed by atoms with van der Waals surface area (Å²) < 4.78 is 38.1. The molecule has 1 saturated heterocycles. The molecule has 3 aliphatic rings. The summed E-state index contributed by atoms with van der Waals surface area (Å²) in [6.07, 6.45) is 1.97. The van der Waals surface area contributed by atoms with Crippen LogP contribution in [0.5, 0.6) is 0 Å². The summed E-state index contributed by atoms with van der Waals surface area (Å²) in [4.78, 5) is 51.0. The van der Waals surface area contributed by atoms with Crippen LogP contribution in [0.4, 0.5) is 25.0 Å². The highest BCUT2D eigenvalue weighted by Gasteiger charge is 2.36. The SMILES string of the molecule is NC(=O)[C@H]1CN(c2ccc3c(c2)CCCN(c2c(F)cc4c(=O)c(C(=O)O)cn(C5CC5)c4c2F)C3)C(=O)O1. The standard InChI is InChI=1S/C27H24F2N4O6/c28-19-9-17-22(32(15-5-6-15)11-18(24(17)34)26(36)37)21(29)23(19)31-7-1-2-13-8-16(4-3-14(13)10-31)33-12-20(25(30)35)39-27(33)38/h3-4,8-9,11,15,20H,1-2,5-7,10,12H2,(H2,30,35)(H,36,37)/t20-/m1/s1. The Hall–Kier alpha value is -4.48. The van der Waals surface area contributed by atoms with E-state index in [2.05, 4.69) is 0 Å². The van der Waals surface area contributed by atoms with Gasteiger partial charge in [-0.1, -0.05) is 6.07 Å². The van der Waals surface area contributed by atoms with Gasteiger partial charge < -0.3 is 25.0 Å². The molecule has 6 rings (SSSR count). The Kier molecular flexibility index (Phi) is 5.77. The number of cyclic esters (lactones) is 1. The quantitative estimate of drug-likeness (QED) is 0.510. The summed E-state index contributed by atoms with van der Waals surface area (Å²) >= 11 is 0. The molecule has 39 heavy (non-hydrogen) atoms. The summed E-state index contributed by atoms with van der Waals surface area (Å²) in [5, 5.41) is 9.16. The van der Waals surface area contributed by atoms with Crippen LogP contribution in [-0.2, 0) is 22.5 Å². The number of hydrogen-bond acceptors (Lipinski definition) is 6. The van der Waals surface area contributed by atoms with Gasteiger partial charge in [-0.05, 0) is 55.0 Å². The van der Waals surface area contributed by atoms with Gasteiger partial charge in [-0.25, -0.2) is 18.4 Å². The first-order valence-electron chi connectivity index (χ1n) is 12.6. The van der Waals surface area contributed by atoms with Crippen LogP contribution in [-0.4, -0.2) is 46.8 Å². The van der Waals surface area contributed by atoms with Gasteiger partial charge in [0.2, 0.25) is 5.43 Å². The molecule has 202 valence electrons. The second-order valence-electron chi connectivity index (χ2n) is 10.1. The number of fused-ring (bicyclic) bond motifs is 2. The first kappa shape index (κ1) is 24.8. The molecule has 1 aliphatic carbocycles. The highest BCUT2D eigenvalue weighted by molar-refractivity contribution is 5.95. The fraction of sp³-hybridized carbons (Fsp3) is 0.333. The second-order valence-corrected chi connectivity index (χ2v) is 10.1. The van der Waals surface area contributed by atoms with E-state index in [9.17, 15) is 24.3 Å². The van der Waals surface area contributed by atoms with Crippen LogP contribution in [0.25, 0.3) is 10.9 Å². The molecular weight excluding hydrogens is 514 g/mol. The molecule has 2 amide bonds. The number of anilines is 2.